The number of nitrogens with one attached hydrogen (secondary N) is 1. The Labute approximate surface area is 114 Å². The van der Waals surface area contributed by atoms with E-state index in [1.165, 1.54) is 12.1 Å². The molecule has 1 heterocycles. The van der Waals surface area contributed by atoms with Crippen molar-refractivity contribution in [3.63, 3.8) is 0 Å². The summed E-state index contributed by atoms with van der Waals surface area (Å²) in [6.07, 6.45) is -2.63. The number of carbonyl (C=O) groups excluding carboxylic acids is 1. The van der Waals surface area contributed by atoms with Crippen molar-refractivity contribution in [1.82, 2.24) is 10.3 Å². The van der Waals surface area contributed by atoms with E-state index in [2.05, 4.69) is 15.0 Å². The highest BCUT2D eigenvalue weighted by atomic mass is 19.4. The van der Waals surface area contributed by atoms with Gasteiger partial charge in [-0.3, -0.25) is 4.79 Å². The first-order chi connectivity index (χ1) is 9.28. The van der Waals surface area contributed by atoms with E-state index in [-0.39, 0.29) is 23.4 Å². The topological polar surface area (TPSA) is 77.2 Å². The van der Waals surface area contributed by atoms with Gasteiger partial charge in [-0.1, -0.05) is 0 Å². The van der Waals surface area contributed by atoms with E-state index < -0.39 is 12.8 Å². The van der Waals surface area contributed by atoms with Crippen molar-refractivity contribution in [2.75, 3.05) is 13.2 Å². The molecule has 1 amide bonds. The molecule has 1 unspecified atom stereocenters. The van der Waals surface area contributed by atoms with Crippen molar-refractivity contribution in [3.8, 4) is 5.88 Å². The normalized spacial score (nSPS) is 12.8. The molecule has 0 saturated heterocycles. The third-order valence-corrected chi connectivity index (χ3v) is 2.27. The fourth-order valence-corrected chi connectivity index (χ4v) is 1.27. The lowest BCUT2D eigenvalue weighted by atomic mass is 10.2. The fourth-order valence-electron chi connectivity index (χ4n) is 1.27. The van der Waals surface area contributed by atoms with Gasteiger partial charge in [-0.05, 0) is 19.4 Å². The van der Waals surface area contributed by atoms with Crippen molar-refractivity contribution in [3.05, 3.63) is 23.9 Å². The summed E-state index contributed by atoms with van der Waals surface area (Å²) in [6, 6.07) is 2.54. The third-order valence-electron chi connectivity index (χ3n) is 2.27. The number of hydrogen-bond donors (Lipinski definition) is 2. The van der Waals surface area contributed by atoms with Crippen LogP contribution in [-0.2, 0) is 0 Å². The van der Waals surface area contributed by atoms with E-state index in [1.807, 2.05) is 6.92 Å². The molecule has 5 nitrogen and oxygen atoms in total. The van der Waals surface area contributed by atoms with E-state index in [1.54, 1.807) is 0 Å². The maximum absolute atomic E-state index is 11.9. The number of rotatable bonds is 6. The third kappa shape index (κ3) is 6.37. The SMILES string of the molecule is CC(N)CCNC(=O)c1ccc(OCC(F)(F)F)nc1. The van der Waals surface area contributed by atoms with E-state index in [0.717, 1.165) is 6.20 Å². The molecule has 1 rings (SSSR count). The Kier molecular flexibility index (Phi) is 5.75. The lowest BCUT2D eigenvalue weighted by molar-refractivity contribution is -0.154. The zero-order chi connectivity index (χ0) is 15.2. The summed E-state index contributed by atoms with van der Waals surface area (Å²) in [4.78, 5) is 15.3. The zero-order valence-corrected chi connectivity index (χ0v) is 10.9. The number of amides is 1. The van der Waals surface area contributed by atoms with Crippen LogP contribution in [0.15, 0.2) is 18.3 Å². The molecule has 0 aliphatic heterocycles. The number of aromatic nitrogens is 1. The molecule has 1 aromatic rings. The number of alkyl halides is 3. The summed E-state index contributed by atoms with van der Waals surface area (Å²) in [6.45, 7) is 0.823. The minimum absolute atomic E-state index is 0.0217. The Morgan fingerprint density at radius 2 is 2.20 bits per heavy atom. The van der Waals surface area contributed by atoms with Crippen molar-refractivity contribution in [1.29, 1.82) is 0 Å². The van der Waals surface area contributed by atoms with Crippen LogP contribution >= 0.6 is 0 Å². The molecule has 0 radical (unpaired) electrons. The molecular formula is C12H16F3N3O2. The second kappa shape index (κ2) is 7.09. The van der Waals surface area contributed by atoms with Gasteiger partial charge in [-0.25, -0.2) is 4.98 Å². The Bertz CT molecular complexity index is 433. The molecule has 0 saturated carbocycles. The molecule has 112 valence electrons. The predicted molar refractivity (Wildman–Crippen MR) is 66.4 cm³/mol. The predicted octanol–water partition coefficient (Wildman–Crippen LogP) is 1.49. The van der Waals surface area contributed by atoms with Gasteiger partial charge in [0.2, 0.25) is 5.88 Å². The molecule has 20 heavy (non-hydrogen) atoms. The first-order valence-corrected chi connectivity index (χ1v) is 5.97. The summed E-state index contributed by atoms with van der Waals surface area (Å²) in [7, 11) is 0. The quantitative estimate of drug-likeness (QED) is 0.832. The van der Waals surface area contributed by atoms with E-state index in [9.17, 15) is 18.0 Å². The Balaban J connectivity index is 2.47. The Hall–Kier alpha value is -1.83. The van der Waals surface area contributed by atoms with Crippen molar-refractivity contribution in [2.24, 2.45) is 5.73 Å². The van der Waals surface area contributed by atoms with E-state index in [0.29, 0.717) is 13.0 Å². The van der Waals surface area contributed by atoms with Crippen LogP contribution in [-0.4, -0.2) is 36.3 Å². The van der Waals surface area contributed by atoms with Gasteiger partial charge in [0.15, 0.2) is 6.61 Å². The van der Waals surface area contributed by atoms with Gasteiger partial charge < -0.3 is 15.8 Å². The van der Waals surface area contributed by atoms with E-state index >= 15 is 0 Å². The Morgan fingerprint density at radius 3 is 2.70 bits per heavy atom. The minimum Gasteiger partial charge on any atom is -0.468 e. The number of nitrogens with zero attached hydrogens (tertiary/aromatic N) is 1. The molecule has 1 aromatic heterocycles. The summed E-state index contributed by atoms with van der Waals surface area (Å²) in [5.41, 5.74) is 5.78. The van der Waals surface area contributed by atoms with Gasteiger partial charge in [0.1, 0.15) is 0 Å². The highest BCUT2D eigenvalue weighted by Crippen LogP contribution is 2.16. The molecule has 0 spiro atoms. The standard InChI is InChI=1S/C12H16F3N3O2/c1-8(16)4-5-17-11(19)9-2-3-10(18-6-9)20-7-12(13,14)15/h2-3,6,8H,4-5,7,16H2,1H3,(H,17,19). The van der Waals surface area contributed by atoms with E-state index in [4.69, 9.17) is 5.73 Å². The molecule has 0 aliphatic rings. The van der Waals surface area contributed by atoms with Crippen LogP contribution in [0.2, 0.25) is 0 Å². The maximum atomic E-state index is 11.9. The van der Waals surface area contributed by atoms with Gasteiger partial charge in [0, 0.05) is 24.8 Å². The average molecular weight is 291 g/mol. The first kappa shape index (κ1) is 16.2. The molecular weight excluding hydrogens is 275 g/mol. The zero-order valence-electron chi connectivity index (χ0n) is 10.9. The number of nitrogens with two attached hydrogens (primary N) is 1. The van der Waals surface area contributed by atoms with Crippen LogP contribution < -0.4 is 15.8 Å². The summed E-state index contributed by atoms with van der Waals surface area (Å²) >= 11 is 0. The monoisotopic (exact) mass is 291 g/mol. The van der Waals surface area contributed by atoms with Gasteiger partial charge in [0.25, 0.3) is 5.91 Å². The number of pyridine rings is 1. The molecule has 1 atom stereocenters. The molecule has 0 fully saturated rings. The van der Waals surface area contributed by atoms with Gasteiger partial charge in [-0.2, -0.15) is 13.2 Å². The number of hydrogen-bond acceptors (Lipinski definition) is 4. The average Bonchev–Trinajstić information content (AvgIpc) is 2.35. The van der Waals surface area contributed by atoms with Crippen LogP contribution in [0.5, 0.6) is 5.88 Å². The molecule has 0 bridgehead atoms. The Morgan fingerprint density at radius 1 is 1.50 bits per heavy atom. The second-order valence-electron chi connectivity index (χ2n) is 4.31. The summed E-state index contributed by atoms with van der Waals surface area (Å²) in [5.74, 6) is -0.546. The second-order valence-corrected chi connectivity index (χ2v) is 4.31. The fraction of sp³-hybridized carbons (Fsp3) is 0.500. The van der Waals surface area contributed by atoms with Crippen LogP contribution in [0.25, 0.3) is 0 Å². The van der Waals surface area contributed by atoms with Gasteiger partial charge in [-0.15, -0.1) is 0 Å². The summed E-state index contributed by atoms with van der Waals surface area (Å²) < 4.78 is 40.2. The maximum Gasteiger partial charge on any atom is 0.422 e. The molecule has 0 aromatic carbocycles. The van der Waals surface area contributed by atoms with Crippen molar-refractivity contribution in [2.45, 2.75) is 25.6 Å². The van der Waals surface area contributed by atoms with Crippen LogP contribution in [0.4, 0.5) is 13.2 Å². The van der Waals surface area contributed by atoms with Crippen LogP contribution in [0.3, 0.4) is 0 Å². The smallest absolute Gasteiger partial charge is 0.422 e. The number of ether oxygens (including phenoxy) is 1. The van der Waals surface area contributed by atoms with Gasteiger partial charge >= 0.3 is 6.18 Å². The molecule has 0 aliphatic carbocycles. The van der Waals surface area contributed by atoms with Crippen molar-refractivity contribution >= 4 is 5.91 Å². The highest BCUT2D eigenvalue weighted by molar-refractivity contribution is 5.93. The largest absolute Gasteiger partial charge is 0.468 e. The highest BCUT2D eigenvalue weighted by Gasteiger charge is 2.28. The number of carbonyl (C=O) groups is 1. The minimum atomic E-state index is -4.42. The van der Waals surface area contributed by atoms with Crippen LogP contribution in [0.1, 0.15) is 23.7 Å². The lowest BCUT2D eigenvalue weighted by Crippen LogP contribution is -2.29. The summed E-state index contributed by atoms with van der Waals surface area (Å²) in [5, 5.41) is 2.63. The first-order valence-electron chi connectivity index (χ1n) is 5.97. The lowest BCUT2D eigenvalue weighted by Gasteiger charge is -2.09. The molecule has 8 heteroatoms. The van der Waals surface area contributed by atoms with Crippen molar-refractivity contribution < 1.29 is 22.7 Å². The van der Waals surface area contributed by atoms with Crippen LogP contribution in [0, 0.1) is 0 Å². The number of halogens is 3. The molecule has 3 N–H and O–H groups in total. The van der Waals surface area contributed by atoms with Gasteiger partial charge in [0.05, 0.1) is 5.56 Å².